The number of thioether (sulfide) groups is 1. The molecule has 3 aromatic rings. The Morgan fingerprint density at radius 1 is 1.00 bits per heavy atom. The van der Waals surface area contributed by atoms with Crippen molar-refractivity contribution >= 4 is 35.0 Å². The van der Waals surface area contributed by atoms with Crippen LogP contribution in [-0.4, -0.2) is 65.8 Å². The van der Waals surface area contributed by atoms with Gasteiger partial charge in [0, 0.05) is 37.6 Å². The van der Waals surface area contributed by atoms with Crippen LogP contribution in [0.5, 0.6) is 0 Å². The minimum atomic E-state index is -0.0746. The number of ether oxygens (including phenoxy) is 1. The fraction of sp³-hybridized carbons (Fsp3) is 0.435. The number of aromatic nitrogens is 3. The number of hydrogen-bond donors (Lipinski definition) is 1. The van der Waals surface area contributed by atoms with E-state index in [4.69, 9.17) is 9.15 Å². The number of carbonyl (C=O) groups is 1. The zero-order chi connectivity index (χ0) is 22.5. The highest BCUT2D eigenvalue weighted by Gasteiger charge is 2.22. The summed E-state index contributed by atoms with van der Waals surface area (Å²) in [4.78, 5) is 17.2. The number of furan rings is 1. The summed E-state index contributed by atoms with van der Waals surface area (Å²) in [7, 11) is 0. The van der Waals surface area contributed by atoms with E-state index in [1.54, 1.807) is 6.26 Å². The number of morpholine rings is 1. The van der Waals surface area contributed by atoms with Gasteiger partial charge in [0.1, 0.15) is 5.76 Å². The van der Waals surface area contributed by atoms with E-state index in [0.717, 1.165) is 75.3 Å². The standard InChI is InChI=1S/C23H28N6O3S/c30-21(24-18-5-7-19(8-6-18)27-11-14-31-15-12-27)17-33-23-26-25-22(28-9-1-2-10-28)29(23)16-20-4-3-13-32-20/h3-8,13H,1-2,9-12,14-17H2,(H,24,30). The molecule has 2 saturated heterocycles. The van der Waals surface area contributed by atoms with Gasteiger partial charge < -0.3 is 24.3 Å². The van der Waals surface area contributed by atoms with Crippen LogP contribution in [0.1, 0.15) is 18.6 Å². The van der Waals surface area contributed by atoms with Crippen LogP contribution >= 0.6 is 11.8 Å². The average Bonchev–Trinajstić information content (AvgIpc) is 3.62. The van der Waals surface area contributed by atoms with Crippen LogP contribution in [0, 0.1) is 0 Å². The predicted octanol–water partition coefficient (Wildman–Crippen LogP) is 3.09. The molecule has 2 aliphatic rings. The Labute approximate surface area is 197 Å². The van der Waals surface area contributed by atoms with Crippen molar-refractivity contribution in [1.82, 2.24) is 14.8 Å². The molecular weight excluding hydrogens is 440 g/mol. The van der Waals surface area contributed by atoms with Crippen LogP contribution in [0.2, 0.25) is 0 Å². The van der Waals surface area contributed by atoms with Crippen LogP contribution in [-0.2, 0) is 16.1 Å². The Balaban J connectivity index is 1.21. The van der Waals surface area contributed by atoms with Crippen LogP contribution < -0.4 is 15.1 Å². The number of anilines is 3. The van der Waals surface area contributed by atoms with Crippen molar-refractivity contribution in [1.29, 1.82) is 0 Å². The molecule has 33 heavy (non-hydrogen) atoms. The van der Waals surface area contributed by atoms with Crippen molar-refractivity contribution < 1.29 is 13.9 Å². The smallest absolute Gasteiger partial charge is 0.234 e. The van der Waals surface area contributed by atoms with Crippen LogP contribution in [0.3, 0.4) is 0 Å². The molecule has 0 radical (unpaired) electrons. The van der Waals surface area contributed by atoms with Crippen molar-refractivity contribution in [2.45, 2.75) is 24.5 Å². The number of benzene rings is 1. The van der Waals surface area contributed by atoms with Crippen LogP contribution in [0.15, 0.2) is 52.2 Å². The molecule has 1 N–H and O–H groups in total. The summed E-state index contributed by atoms with van der Waals surface area (Å²) in [6.07, 6.45) is 3.98. The molecule has 9 nitrogen and oxygen atoms in total. The number of amides is 1. The quantitative estimate of drug-likeness (QED) is 0.505. The van der Waals surface area contributed by atoms with Gasteiger partial charge in [-0.1, -0.05) is 11.8 Å². The third-order valence-corrected chi connectivity index (χ3v) is 6.81. The largest absolute Gasteiger partial charge is 0.467 e. The first-order chi connectivity index (χ1) is 16.3. The molecule has 174 valence electrons. The van der Waals surface area contributed by atoms with Crippen molar-refractivity contribution in [3.05, 3.63) is 48.4 Å². The van der Waals surface area contributed by atoms with Crippen LogP contribution in [0.25, 0.3) is 0 Å². The van der Waals surface area contributed by atoms with Gasteiger partial charge in [0.25, 0.3) is 0 Å². The Bertz CT molecular complexity index is 1040. The fourth-order valence-corrected chi connectivity index (χ4v) is 4.87. The highest BCUT2D eigenvalue weighted by Crippen LogP contribution is 2.26. The van der Waals surface area contributed by atoms with E-state index >= 15 is 0 Å². The van der Waals surface area contributed by atoms with Crippen molar-refractivity contribution in [2.24, 2.45) is 0 Å². The van der Waals surface area contributed by atoms with Crippen molar-refractivity contribution in [3.8, 4) is 0 Å². The molecule has 0 unspecified atom stereocenters. The maximum absolute atomic E-state index is 12.6. The lowest BCUT2D eigenvalue weighted by molar-refractivity contribution is -0.113. The molecule has 10 heteroatoms. The summed E-state index contributed by atoms with van der Waals surface area (Å²) in [5.41, 5.74) is 1.93. The van der Waals surface area contributed by atoms with Gasteiger partial charge >= 0.3 is 0 Å². The maximum Gasteiger partial charge on any atom is 0.234 e. The number of nitrogens with zero attached hydrogens (tertiary/aromatic N) is 5. The third-order valence-electron chi connectivity index (χ3n) is 5.84. The van der Waals surface area contributed by atoms with E-state index in [1.807, 2.05) is 41.0 Å². The zero-order valence-electron chi connectivity index (χ0n) is 18.5. The number of nitrogens with one attached hydrogen (secondary N) is 1. The van der Waals surface area contributed by atoms with Gasteiger partial charge in [0.2, 0.25) is 11.9 Å². The highest BCUT2D eigenvalue weighted by molar-refractivity contribution is 7.99. The lowest BCUT2D eigenvalue weighted by atomic mass is 10.2. The molecule has 0 bridgehead atoms. The van der Waals surface area contributed by atoms with Gasteiger partial charge in [-0.2, -0.15) is 0 Å². The van der Waals surface area contributed by atoms with Gasteiger partial charge in [0.15, 0.2) is 5.16 Å². The lowest BCUT2D eigenvalue weighted by Crippen LogP contribution is -2.36. The molecule has 5 rings (SSSR count). The van der Waals surface area contributed by atoms with Gasteiger partial charge in [0.05, 0.1) is 31.8 Å². The van der Waals surface area contributed by atoms with E-state index in [9.17, 15) is 4.79 Å². The summed E-state index contributed by atoms with van der Waals surface area (Å²) < 4.78 is 13.0. The van der Waals surface area contributed by atoms with E-state index in [-0.39, 0.29) is 11.7 Å². The van der Waals surface area contributed by atoms with Gasteiger partial charge in [-0.3, -0.25) is 9.36 Å². The molecule has 0 aliphatic carbocycles. The molecule has 2 aliphatic heterocycles. The van der Waals surface area contributed by atoms with Gasteiger partial charge in [-0.25, -0.2) is 0 Å². The topological polar surface area (TPSA) is 88.7 Å². The summed E-state index contributed by atoms with van der Waals surface area (Å²) >= 11 is 1.39. The second kappa shape index (κ2) is 10.3. The number of carbonyl (C=O) groups excluding carboxylic acids is 1. The number of rotatable bonds is 8. The SMILES string of the molecule is O=C(CSc1nnc(N2CCCC2)n1Cc1ccco1)Nc1ccc(N2CCOCC2)cc1. The first-order valence-electron chi connectivity index (χ1n) is 11.3. The van der Waals surface area contributed by atoms with Crippen molar-refractivity contribution in [2.75, 3.05) is 60.3 Å². The highest BCUT2D eigenvalue weighted by atomic mass is 32.2. The summed E-state index contributed by atoms with van der Waals surface area (Å²) in [5.74, 6) is 1.85. The fourth-order valence-electron chi connectivity index (χ4n) is 4.14. The zero-order valence-corrected chi connectivity index (χ0v) is 19.3. The molecule has 4 heterocycles. The Hall–Kier alpha value is -2.98. The molecule has 0 atom stereocenters. The summed E-state index contributed by atoms with van der Waals surface area (Å²) in [6, 6.07) is 11.8. The van der Waals surface area contributed by atoms with E-state index < -0.39 is 0 Å². The molecule has 1 amide bonds. The van der Waals surface area contributed by atoms with Crippen LogP contribution in [0.4, 0.5) is 17.3 Å². The molecule has 1 aromatic carbocycles. The Morgan fingerprint density at radius 3 is 2.52 bits per heavy atom. The van der Waals surface area contributed by atoms with E-state index in [1.165, 1.54) is 11.8 Å². The molecule has 0 spiro atoms. The van der Waals surface area contributed by atoms with Gasteiger partial charge in [-0.05, 0) is 49.2 Å². The summed E-state index contributed by atoms with van der Waals surface area (Å²) in [6.45, 7) is 5.77. The predicted molar refractivity (Wildman–Crippen MR) is 128 cm³/mol. The van der Waals surface area contributed by atoms with E-state index in [2.05, 4.69) is 25.3 Å². The second-order valence-corrected chi connectivity index (χ2v) is 9.07. The molecule has 2 fully saturated rings. The third kappa shape index (κ3) is 5.33. The Kier molecular flexibility index (Phi) is 6.82. The lowest BCUT2D eigenvalue weighted by Gasteiger charge is -2.28. The van der Waals surface area contributed by atoms with Gasteiger partial charge in [-0.15, -0.1) is 10.2 Å². The van der Waals surface area contributed by atoms with E-state index in [0.29, 0.717) is 11.7 Å². The number of hydrogen-bond acceptors (Lipinski definition) is 8. The maximum atomic E-state index is 12.6. The minimum absolute atomic E-state index is 0.0746. The molecular formula is C23H28N6O3S. The summed E-state index contributed by atoms with van der Waals surface area (Å²) in [5, 5.41) is 12.5. The second-order valence-electron chi connectivity index (χ2n) is 8.13. The minimum Gasteiger partial charge on any atom is -0.467 e. The Morgan fingerprint density at radius 2 is 1.79 bits per heavy atom. The first kappa shape index (κ1) is 21.8. The first-order valence-corrected chi connectivity index (χ1v) is 12.3. The average molecular weight is 469 g/mol. The van der Waals surface area contributed by atoms with Crippen molar-refractivity contribution in [3.63, 3.8) is 0 Å². The monoisotopic (exact) mass is 468 g/mol. The molecule has 0 saturated carbocycles. The molecule has 2 aromatic heterocycles. The normalized spacial score (nSPS) is 16.4.